The Labute approximate surface area is 124 Å². The molecule has 5 nitrogen and oxygen atoms in total. The summed E-state index contributed by atoms with van der Waals surface area (Å²) in [6.07, 6.45) is 4.41. The number of aryl methyl sites for hydroxylation is 1. The standard InChI is InChI=1S/C13H15N3O2.Li.H/c14-11(13(17)18)6-5-9-3-1-2-4-10(9)12-7-15-8-16-12;;/h1-4,7-8,11H,5-6,14H2,(H,15,16)(H,17,18);;/q;+1;-1/t11-;;/m0../s1. The summed E-state index contributed by atoms with van der Waals surface area (Å²) in [6, 6.07) is 7.01. The van der Waals surface area contributed by atoms with Crippen molar-refractivity contribution >= 4 is 5.97 Å². The van der Waals surface area contributed by atoms with Crippen LogP contribution < -0.4 is 24.6 Å². The summed E-state index contributed by atoms with van der Waals surface area (Å²) in [5, 5.41) is 8.77. The van der Waals surface area contributed by atoms with Gasteiger partial charge < -0.3 is 17.3 Å². The number of rotatable bonds is 5. The Bertz CT molecular complexity index is 534. The average molecular weight is 253 g/mol. The quantitative estimate of drug-likeness (QED) is 0.568. The van der Waals surface area contributed by atoms with Crippen LogP contribution in [-0.4, -0.2) is 27.1 Å². The van der Waals surface area contributed by atoms with Crippen LogP contribution >= 0.6 is 0 Å². The number of benzene rings is 1. The number of hydrogen-bond acceptors (Lipinski definition) is 3. The third-order valence-electron chi connectivity index (χ3n) is 2.85. The molecule has 0 aliphatic heterocycles. The zero-order valence-corrected chi connectivity index (χ0v) is 10.8. The molecule has 1 atom stereocenters. The molecular weight excluding hydrogens is 237 g/mol. The molecule has 0 aliphatic carbocycles. The van der Waals surface area contributed by atoms with E-state index in [1.165, 1.54) is 0 Å². The summed E-state index contributed by atoms with van der Waals surface area (Å²) in [6.45, 7) is 0. The first kappa shape index (κ1) is 15.5. The monoisotopic (exact) mass is 253 g/mol. The molecule has 6 heteroatoms. The zero-order chi connectivity index (χ0) is 13.0. The third-order valence-corrected chi connectivity index (χ3v) is 2.85. The molecule has 0 saturated heterocycles. The molecule has 0 saturated carbocycles. The van der Waals surface area contributed by atoms with Gasteiger partial charge in [-0.25, -0.2) is 4.98 Å². The molecule has 1 aromatic carbocycles. The summed E-state index contributed by atoms with van der Waals surface area (Å²) in [7, 11) is 0. The number of aromatic amines is 1. The largest absolute Gasteiger partial charge is 1.00 e. The summed E-state index contributed by atoms with van der Waals surface area (Å²) >= 11 is 0. The maximum Gasteiger partial charge on any atom is 1.00 e. The molecule has 4 N–H and O–H groups in total. The number of nitrogens with zero attached hydrogens (tertiary/aromatic N) is 1. The van der Waals surface area contributed by atoms with Gasteiger partial charge in [-0.2, -0.15) is 0 Å². The first-order valence-corrected chi connectivity index (χ1v) is 5.73. The Morgan fingerprint density at radius 2 is 2.21 bits per heavy atom. The number of carboxylic acid groups (broad SMARTS) is 1. The van der Waals surface area contributed by atoms with Crippen LogP contribution in [0.5, 0.6) is 0 Å². The Morgan fingerprint density at radius 3 is 2.84 bits per heavy atom. The molecule has 0 fully saturated rings. The van der Waals surface area contributed by atoms with E-state index in [9.17, 15) is 4.79 Å². The number of aliphatic carboxylic acids is 1. The van der Waals surface area contributed by atoms with E-state index >= 15 is 0 Å². The van der Waals surface area contributed by atoms with Crippen LogP contribution in [0.15, 0.2) is 36.8 Å². The molecule has 19 heavy (non-hydrogen) atoms. The van der Waals surface area contributed by atoms with Crippen LogP contribution in [0.2, 0.25) is 0 Å². The second-order valence-electron chi connectivity index (χ2n) is 4.11. The molecule has 0 radical (unpaired) electrons. The van der Waals surface area contributed by atoms with Gasteiger partial charge in [0.1, 0.15) is 6.04 Å². The zero-order valence-electron chi connectivity index (χ0n) is 11.8. The van der Waals surface area contributed by atoms with E-state index in [1.54, 1.807) is 12.5 Å². The fourth-order valence-corrected chi connectivity index (χ4v) is 1.84. The molecular formula is C13H16LiN3O2. The normalized spacial score (nSPS) is 11.6. The van der Waals surface area contributed by atoms with Crippen molar-refractivity contribution in [2.75, 3.05) is 0 Å². The number of carbonyl (C=O) groups is 1. The van der Waals surface area contributed by atoms with Crippen molar-refractivity contribution < 1.29 is 30.2 Å². The predicted octanol–water partition coefficient (Wildman–Crippen LogP) is -1.46. The fraction of sp³-hybridized carbons (Fsp3) is 0.231. The minimum Gasteiger partial charge on any atom is -1.00 e. The van der Waals surface area contributed by atoms with E-state index in [2.05, 4.69) is 9.97 Å². The molecule has 0 amide bonds. The number of aromatic nitrogens is 2. The molecule has 2 rings (SSSR count). The molecule has 1 heterocycles. The Balaban J connectivity index is 0.00000180. The van der Waals surface area contributed by atoms with Crippen molar-refractivity contribution in [3.63, 3.8) is 0 Å². The van der Waals surface area contributed by atoms with Crippen molar-refractivity contribution in [2.24, 2.45) is 5.73 Å². The fourth-order valence-electron chi connectivity index (χ4n) is 1.84. The van der Waals surface area contributed by atoms with Crippen molar-refractivity contribution in [1.82, 2.24) is 9.97 Å². The van der Waals surface area contributed by atoms with Gasteiger partial charge in [0.15, 0.2) is 0 Å². The predicted molar refractivity (Wildman–Crippen MR) is 69.1 cm³/mol. The molecule has 1 aromatic heterocycles. The number of hydrogen-bond donors (Lipinski definition) is 3. The summed E-state index contributed by atoms with van der Waals surface area (Å²) < 4.78 is 0. The van der Waals surface area contributed by atoms with E-state index in [-0.39, 0.29) is 20.3 Å². The van der Waals surface area contributed by atoms with E-state index in [4.69, 9.17) is 10.8 Å². The number of nitrogens with two attached hydrogens (primary N) is 1. The second kappa shape index (κ2) is 7.15. The number of imidazole rings is 1. The van der Waals surface area contributed by atoms with Crippen molar-refractivity contribution in [1.29, 1.82) is 0 Å². The van der Waals surface area contributed by atoms with Gasteiger partial charge in [0, 0.05) is 5.56 Å². The average Bonchev–Trinajstić information content (AvgIpc) is 2.89. The maximum absolute atomic E-state index is 10.7. The van der Waals surface area contributed by atoms with E-state index in [0.717, 1.165) is 16.8 Å². The third kappa shape index (κ3) is 3.96. The minimum atomic E-state index is -0.964. The number of carboxylic acids is 1. The van der Waals surface area contributed by atoms with Gasteiger partial charge >= 0.3 is 24.8 Å². The molecule has 0 aliphatic rings. The van der Waals surface area contributed by atoms with Crippen molar-refractivity contribution in [3.05, 3.63) is 42.4 Å². The van der Waals surface area contributed by atoms with Crippen LogP contribution in [0.25, 0.3) is 11.3 Å². The molecule has 0 bridgehead atoms. The van der Waals surface area contributed by atoms with Crippen LogP contribution in [0.3, 0.4) is 0 Å². The number of nitrogens with one attached hydrogen (secondary N) is 1. The maximum atomic E-state index is 10.7. The van der Waals surface area contributed by atoms with Crippen LogP contribution in [0.1, 0.15) is 13.4 Å². The van der Waals surface area contributed by atoms with Gasteiger partial charge in [-0.3, -0.25) is 4.79 Å². The Kier molecular flexibility index (Phi) is 5.84. The van der Waals surface area contributed by atoms with E-state index in [1.807, 2.05) is 24.3 Å². The van der Waals surface area contributed by atoms with Crippen LogP contribution in [-0.2, 0) is 11.2 Å². The van der Waals surface area contributed by atoms with E-state index in [0.29, 0.717) is 12.8 Å². The molecule has 96 valence electrons. The minimum absolute atomic E-state index is 0. The molecule has 2 aromatic rings. The van der Waals surface area contributed by atoms with Crippen LogP contribution in [0.4, 0.5) is 0 Å². The van der Waals surface area contributed by atoms with E-state index < -0.39 is 12.0 Å². The SMILES string of the molecule is N[C@@H](CCc1ccccc1-c1cnc[nH]1)C(=O)O.[H-].[Li+]. The van der Waals surface area contributed by atoms with Gasteiger partial charge in [0.2, 0.25) is 0 Å². The van der Waals surface area contributed by atoms with Gasteiger partial charge in [0.05, 0.1) is 18.2 Å². The van der Waals surface area contributed by atoms with Gasteiger partial charge in [-0.15, -0.1) is 0 Å². The Hall–Kier alpha value is -1.54. The first-order valence-electron chi connectivity index (χ1n) is 5.73. The molecule has 0 spiro atoms. The molecule has 0 unspecified atom stereocenters. The topological polar surface area (TPSA) is 92.0 Å². The summed E-state index contributed by atoms with van der Waals surface area (Å²) in [4.78, 5) is 17.7. The summed E-state index contributed by atoms with van der Waals surface area (Å²) in [5.74, 6) is -0.964. The summed E-state index contributed by atoms with van der Waals surface area (Å²) in [5.41, 5.74) is 8.54. The number of H-pyrrole nitrogens is 1. The Morgan fingerprint density at radius 1 is 1.47 bits per heavy atom. The van der Waals surface area contributed by atoms with Crippen molar-refractivity contribution in [2.45, 2.75) is 18.9 Å². The smallest absolute Gasteiger partial charge is 1.00 e. The van der Waals surface area contributed by atoms with Gasteiger partial charge in [0.25, 0.3) is 0 Å². The van der Waals surface area contributed by atoms with Crippen molar-refractivity contribution in [3.8, 4) is 11.3 Å². The second-order valence-corrected chi connectivity index (χ2v) is 4.11. The van der Waals surface area contributed by atoms with Crippen LogP contribution in [0, 0.1) is 0 Å². The van der Waals surface area contributed by atoms with Gasteiger partial charge in [-0.1, -0.05) is 24.3 Å². The van der Waals surface area contributed by atoms with Gasteiger partial charge in [-0.05, 0) is 18.4 Å². The first-order chi connectivity index (χ1) is 8.68.